The second-order valence-electron chi connectivity index (χ2n) is 6.38. The van der Waals surface area contributed by atoms with Gasteiger partial charge < -0.3 is 10.6 Å². The molecule has 0 saturated carbocycles. The first-order valence-electron chi connectivity index (χ1n) is 8.96. The summed E-state index contributed by atoms with van der Waals surface area (Å²) >= 11 is 0. The fourth-order valence-corrected chi connectivity index (χ4v) is 3.03. The number of fused-ring (bicyclic) bond motifs is 1. The fraction of sp³-hybridized carbons (Fsp3) is 0. The molecule has 0 radical (unpaired) electrons. The summed E-state index contributed by atoms with van der Waals surface area (Å²) in [4.78, 5) is 24.8. The number of nitrogens with one attached hydrogen (secondary N) is 2. The van der Waals surface area contributed by atoms with Crippen molar-refractivity contribution in [3.8, 4) is 0 Å². The maximum atomic E-state index is 12.6. The molecule has 0 aliphatic heterocycles. The highest BCUT2D eigenvalue weighted by atomic mass is 16.2. The second kappa shape index (κ2) is 7.76. The van der Waals surface area contributed by atoms with Crippen molar-refractivity contribution in [3.05, 3.63) is 108 Å². The minimum Gasteiger partial charge on any atom is -0.322 e. The number of rotatable bonds is 4. The fourth-order valence-electron chi connectivity index (χ4n) is 3.03. The summed E-state index contributed by atoms with van der Waals surface area (Å²) < 4.78 is 0. The Bertz CT molecular complexity index is 1130. The number of carbonyl (C=O) groups excluding carboxylic acids is 2. The van der Waals surface area contributed by atoms with Gasteiger partial charge in [-0.25, -0.2) is 0 Å². The second-order valence-corrected chi connectivity index (χ2v) is 6.38. The third-order valence-corrected chi connectivity index (χ3v) is 4.48. The largest absolute Gasteiger partial charge is 0.322 e. The van der Waals surface area contributed by atoms with Gasteiger partial charge in [-0.1, -0.05) is 54.6 Å². The van der Waals surface area contributed by atoms with E-state index in [1.807, 2.05) is 60.7 Å². The van der Waals surface area contributed by atoms with Gasteiger partial charge in [0.1, 0.15) is 0 Å². The zero-order valence-electron chi connectivity index (χ0n) is 15.1. The van der Waals surface area contributed by atoms with Crippen LogP contribution in [-0.4, -0.2) is 11.8 Å². The number of benzene rings is 4. The summed E-state index contributed by atoms with van der Waals surface area (Å²) in [7, 11) is 0. The van der Waals surface area contributed by atoms with E-state index in [1.54, 1.807) is 36.4 Å². The van der Waals surface area contributed by atoms with Gasteiger partial charge in [0.2, 0.25) is 0 Å². The number of anilines is 2. The van der Waals surface area contributed by atoms with Gasteiger partial charge in [0.25, 0.3) is 11.8 Å². The predicted octanol–water partition coefficient (Wildman–Crippen LogP) is 5.34. The third kappa shape index (κ3) is 3.76. The van der Waals surface area contributed by atoms with Crippen molar-refractivity contribution in [2.75, 3.05) is 10.6 Å². The van der Waals surface area contributed by atoms with Crippen LogP contribution in [0.25, 0.3) is 10.8 Å². The van der Waals surface area contributed by atoms with Gasteiger partial charge in [-0.05, 0) is 47.9 Å². The monoisotopic (exact) mass is 366 g/mol. The zero-order chi connectivity index (χ0) is 19.3. The van der Waals surface area contributed by atoms with Crippen LogP contribution >= 0.6 is 0 Å². The van der Waals surface area contributed by atoms with E-state index in [2.05, 4.69) is 10.6 Å². The number of hydrogen-bond acceptors (Lipinski definition) is 2. The van der Waals surface area contributed by atoms with Crippen LogP contribution in [0.5, 0.6) is 0 Å². The maximum Gasteiger partial charge on any atom is 0.255 e. The van der Waals surface area contributed by atoms with Crippen LogP contribution in [0, 0.1) is 0 Å². The van der Waals surface area contributed by atoms with Gasteiger partial charge in [0.15, 0.2) is 0 Å². The average Bonchev–Trinajstić information content (AvgIpc) is 2.75. The Balaban J connectivity index is 1.47. The van der Waals surface area contributed by atoms with E-state index >= 15 is 0 Å². The van der Waals surface area contributed by atoms with E-state index < -0.39 is 0 Å². The molecular formula is C24H18N2O2. The van der Waals surface area contributed by atoms with Crippen LogP contribution in [0.15, 0.2) is 97.1 Å². The number of hydrogen-bond donors (Lipinski definition) is 2. The summed E-state index contributed by atoms with van der Waals surface area (Å²) in [6, 6.07) is 29.5. The summed E-state index contributed by atoms with van der Waals surface area (Å²) in [5, 5.41) is 7.85. The molecule has 4 aromatic rings. The highest BCUT2D eigenvalue weighted by Gasteiger charge is 2.10. The molecule has 28 heavy (non-hydrogen) atoms. The normalized spacial score (nSPS) is 10.4. The van der Waals surface area contributed by atoms with Crippen LogP contribution in [0.1, 0.15) is 20.7 Å². The van der Waals surface area contributed by atoms with Gasteiger partial charge in [-0.15, -0.1) is 0 Å². The molecule has 0 aliphatic rings. The van der Waals surface area contributed by atoms with Crippen LogP contribution in [0.3, 0.4) is 0 Å². The Labute approximate surface area is 162 Å². The molecule has 0 saturated heterocycles. The Hall–Kier alpha value is -3.92. The SMILES string of the molecule is O=C(Nc1ccc(C(=O)Nc2cccc3ccccc23)cc1)c1ccccc1. The molecule has 0 aromatic heterocycles. The highest BCUT2D eigenvalue weighted by Crippen LogP contribution is 2.23. The van der Waals surface area contributed by atoms with Crippen molar-refractivity contribution in [3.63, 3.8) is 0 Å². The van der Waals surface area contributed by atoms with Crippen molar-refractivity contribution < 1.29 is 9.59 Å². The molecule has 2 amide bonds. The lowest BCUT2D eigenvalue weighted by Crippen LogP contribution is -2.13. The van der Waals surface area contributed by atoms with Crippen LogP contribution < -0.4 is 10.6 Å². The molecule has 2 N–H and O–H groups in total. The molecule has 0 heterocycles. The molecule has 4 rings (SSSR count). The van der Waals surface area contributed by atoms with E-state index in [1.165, 1.54) is 0 Å². The molecular weight excluding hydrogens is 348 g/mol. The molecule has 0 atom stereocenters. The van der Waals surface area contributed by atoms with Gasteiger partial charge in [0, 0.05) is 27.9 Å². The van der Waals surface area contributed by atoms with Crippen molar-refractivity contribution in [1.82, 2.24) is 0 Å². The lowest BCUT2D eigenvalue weighted by molar-refractivity contribution is 0.102. The molecule has 0 spiro atoms. The van der Waals surface area contributed by atoms with Gasteiger partial charge in [0.05, 0.1) is 0 Å². The number of amides is 2. The first-order valence-corrected chi connectivity index (χ1v) is 8.96. The molecule has 0 aliphatic carbocycles. The zero-order valence-corrected chi connectivity index (χ0v) is 15.1. The minimum absolute atomic E-state index is 0.187. The summed E-state index contributed by atoms with van der Waals surface area (Å²) in [5.41, 5.74) is 2.51. The van der Waals surface area contributed by atoms with E-state index in [9.17, 15) is 9.59 Å². The standard InChI is InChI=1S/C24H18N2O2/c27-23(18-8-2-1-3-9-18)25-20-15-13-19(14-16-20)24(28)26-22-12-6-10-17-7-4-5-11-21(17)22/h1-16H,(H,25,27)(H,26,28). The van der Waals surface area contributed by atoms with Crippen LogP contribution in [-0.2, 0) is 0 Å². The van der Waals surface area contributed by atoms with Crippen molar-refractivity contribution >= 4 is 34.0 Å². The van der Waals surface area contributed by atoms with Gasteiger partial charge in [-0.3, -0.25) is 9.59 Å². The van der Waals surface area contributed by atoms with Crippen LogP contribution in [0.4, 0.5) is 11.4 Å². The predicted molar refractivity (Wildman–Crippen MR) is 113 cm³/mol. The Kier molecular flexibility index (Phi) is 4.85. The van der Waals surface area contributed by atoms with Crippen molar-refractivity contribution in [2.45, 2.75) is 0 Å². The molecule has 0 unspecified atom stereocenters. The third-order valence-electron chi connectivity index (χ3n) is 4.48. The van der Waals surface area contributed by atoms with E-state index in [-0.39, 0.29) is 11.8 Å². The molecule has 0 bridgehead atoms. The van der Waals surface area contributed by atoms with Crippen LogP contribution in [0.2, 0.25) is 0 Å². The first kappa shape index (κ1) is 17.5. The smallest absolute Gasteiger partial charge is 0.255 e. The van der Waals surface area contributed by atoms with Gasteiger partial charge in [-0.2, -0.15) is 0 Å². The number of carbonyl (C=O) groups is 2. The molecule has 136 valence electrons. The topological polar surface area (TPSA) is 58.2 Å². The van der Waals surface area contributed by atoms with Gasteiger partial charge >= 0.3 is 0 Å². The van der Waals surface area contributed by atoms with E-state index in [0.717, 1.165) is 16.5 Å². The maximum absolute atomic E-state index is 12.6. The van der Waals surface area contributed by atoms with Crippen molar-refractivity contribution in [2.24, 2.45) is 0 Å². The Morgan fingerprint density at radius 2 is 1.14 bits per heavy atom. The summed E-state index contributed by atoms with van der Waals surface area (Å²) in [6.45, 7) is 0. The van der Waals surface area contributed by atoms with E-state index in [0.29, 0.717) is 16.8 Å². The lowest BCUT2D eigenvalue weighted by Gasteiger charge is -2.10. The lowest BCUT2D eigenvalue weighted by atomic mass is 10.1. The first-order chi connectivity index (χ1) is 13.7. The molecule has 0 fully saturated rings. The summed E-state index contributed by atoms with van der Waals surface area (Å²) in [5.74, 6) is -0.383. The Morgan fingerprint density at radius 3 is 1.93 bits per heavy atom. The summed E-state index contributed by atoms with van der Waals surface area (Å²) in [6.07, 6.45) is 0. The average molecular weight is 366 g/mol. The Morgan fingerprint density at radius 1 is 0.536 bits per heavy atom. The minimum atomic E-state index is -0.197. The van der Waals surface area contributed by atoms with E-state index in [4.69, 9.17) is 0 Å². The quantitative estimate of drug-likeness (QED) is 0.512. The molecule has 4 heteroatoms. The molecule has 4 nitrogen and oxygen atoms in total. The van der Waals surface area contributed by atoms with Crippen molar-refractivity contribution in [1.29, 1.82) is 0 Å². The molecule has 4 aromatic carbocycles. The highest BCUT2D eigenvalue weighted by molar-refractivity contribution is 6.09.